The summed E-state index contributed by atoms with van der Waals surface area (Å²) in [5, 5.41) is 20.2. The largest absolute Gasteiger partial charge is 0.497 e. The van der Waals surface area contributed by atoms with E-state index in [4.69, 9.17) is 22.6 Å². The van der Waals surface area contributed by atoms with Crippen LogP contribution in [0.5, 0.6) is 11.5 Å². The van der Waals surface area contributed by atoms with Crippen LogP contribution in [0.15, 0.2) is 400 Å². The lowest BCUT2D eigenvalue weighted by Crippen LogP contribution is -2.09. The van der Waals surface area contributed by atoms with Crippen LogP contribution in [-0.4, -0.2) is 14.2 Å². The zero-order chi connectivity index (χ0) is 85.0. The second kappa shape index (κ2) is 40.7. The Morgan fingerprint density at radius 3 is 0.621 bits per heavy atom. The molecule has 0 unspecified atom stereocenters. The van der Waals surface area contributed by atoms with Gasteiger partial charge in [0.05, 0.1) is 50.6 Å². The second-order valence-corrected chi connectivity index (χ2v) is 28.9. The molecule has 0 bridgehead atoms. The lowest BCUT2D eigenvalue weighted by molar-refractivity contribution is 0.414. The topological polar surface area (TPSA) is 87.7 Å². The quantitative estimate of drug-likeness (QED) is 0.0391. The van der Waals surface area contributed by atoms with Crippen LogP contribution in [-0.2, 0) is 0 Å². The number of ether oxygens (including phenoxy) is 2. The zero-order valence-electron chi connectivity index (χ0n) is 68.4. The Morgan fingerprint density at radius 1 is 0.218 bits per heavy atom. The monoisotopic (exact) mass is 1600 g/mol. The molecule has 592 valence electrons. The molecule has 124 heavy (non-hydrogen) atoms. The lowest BCUT2D eigenvalue weighted by atomic mass is 10.0. The molecule has 0 aliphatic carbocycles. The molecule has 0 aliphatic rings. The minimum Gasteiger partial charge on any atom is -0.497 e. The van der Waals surface area contributed by atoms with Crippen molar-refractivity contribution in [1.29, 1.82) is 10.5 Å². The number of para-hydroxylation sites is 6. The van der Waals surface area contributed by atoms with Gasteiger partial charge in [-0.15, -0.1) is 0 Å². The summed E-state index contributed by atoms with van der Waals surface area (Å²) in [7, 11) is 3.34. The summed E-state index contributed by atoms with van der Waals surface area (Å²) in [4.78, 5) is 16.5. The average molecular weight is 1600 g/mol. The normalized spacial score (nSPS) is 11.1. The van der Waals surface area contributed by atoms with Gasteiger partial charge in [-0.3, -0.25) is 0 Å². The van der Waals surface area contributed by atoms with Gasteiger partial charge in [0.1, 0.15) is 11.5 Å². The van der Waals surface area contributed by atoms with Crippen molar-refractivity contribution in [3.05, 3.63) is 501 Å². The highest BCUT2D eigenvalue weighted by atomic mass is 16.5. The Kier molecular flexibility index (Phi) is 26.9. The molecule has 16 rings (SSSR count). The number of nitrogens with zero attached hydrogens (tertiary/aromatic N) is 8. The molecule has 16 aromatic carbocycles. The van der Waals surface area contributed by atoms with Gasteiger partial charge in [0, 0.05) is 68.2 Å². The van der Waals surface area contributed by atoms with Gasteiger partial charge in [0.2, 0.25) is 0 Å². The van der Waals surface area contributed by atoms with Crippen molar-refractivity contribution in [2.45, 2.75) is 0 Å². The first-order chi connectivity index (χ1) is 61.2. The fourth-order valence-electron chi connectivity index (χ4n) is 14.4. The number of rotatable bonds is 26. The third-order valence-electron chi connectivity index (χ3n) is 20.9. The molecule has 0 N–H and O–H groups in total. The van der Waals surface area contributed by atoms with Crippen LogP contribution in [0.2, 0.25) is 0 Å². The molecule has 0 aliphatic heterocycles. The van der Waals surface area contributed by atoms with Crippen molar-refractivity contribution in [2.75, 3.05) is 33.8 Å². The first kappa shape index (κ1) is 81.8. The van der Waals surface area contributed by atoms with Gasteiger partial charge in [-0.2, -0.15) is 10.5 Å². The highest BCUT2D eigenvalue weighted by Gasteiger charge is 2.18. The molecule has 0 aromatic heterocycles. The number of hydrogen-bond donors (Lipinski definition) is 0. The van der Waals surface area contributed by atoms with E-state index in [0.29, 0.717) is 22.5 Å². The molecule has 0 fully saturated rings. The van der Waals surface area contributed by atoms with Gasteiger partial charge in [-0.1, -0.05) is 279 Å². The molecule has 0 heterocycles. The molecule has 0 atom stereocenters. The Hall–Kier alpha value is -17.3. The molecule has 0 saturated heterocycles. The van der Waals surface area contributed by atoms with E-state index >= 15 is 0 Å². The van der Waals surface area contributed by atoms with E-state index in [1.165, 1.54) is 0 Å². The van der Waals surface area contributed by atoms with E-state index < -0.39 is 0 Å². The molecule has 0 amide bonds. The predicted molar refractivity (Wildman–Crippen MR) is 519 cm³/mol. The summed E-state index contributed by atoms with van der Waals surface area (Å²) in [6.45, 7) is 15.8. The summed E-state index contributed by atoms with van der Waals surface area (Å²) in [6.07, 6.45) is 23.9. The fourth-order valence-corrected chi connectivity index (χ4v) is 14.4. The van der Waals surface area contributed by atoms with Crippen molar-refractivity contribution in [1.82, 2.24) is 0 Å². The van der Waals surface area contributed by atoms with E-state index in [-0.39, 0.29) is 0 Å². The van der Waals surface area contributed by atoms with Crippen LogP contribution in [0, 0.1) is 35.8 Å². The van der Waals surface area contributed by atoms with Gasteiger partial charge in [0.15, 0.2) is 11.4 Å². The maximum atomic E-state index is 10.1. The first-order valence-corrected chi connectivity index (χ1v) is 40.6. The Balaban J connectivity index is 0.000000192. The minimum atomic E-state index is 0.534. The smallest absolute Gasteiger partial charge is 0.194 e. The van der Waals surface area contributed by atoms with E-state index in [2.05, 4.69) is 278 Å². The third-order valence-corrected chi connectivity index (χ3v) is 20.9. The molecule has 0 spiro atoms. The van der Waals surface area contributed by atoms with E-state index in [1.54, 1.807) is 14.2 Å². The molecular formula is C114H84N8O2. The molecule has 10 heteroatoms. The number of hydrogen-bond acceptors (Lipinski definition) is 8. The number of benzene rings is 16. The fraction of sp³-hybridized carbons (Fsp3) is 0.0175. The molecule has 10 nitrogen and oxygen atoms in total. The molecular weight excluding hydrogens is 1510 g/mol. The summed E-state index contributed by atoms with van der Waals surface area (Å²) in [6, 6.07) is 140. The number of nitriles is 2. The molecule has 16 aromatic rings. The van der Waals surface area contributed by atoms with Crippen LogP contribution in [0.25, 0.3) is 82.6 Å². The average Bonchev–Trinajstić information content (AvgIpc) is 0.814. The van der Waals surface area contributed by atoms with Gasteiger partial charge in [0.25, 0.3) is 0 Å². The summed E-state index contributed by atoms with van der Waals surface area (Å²) in [5.74, 6) is 1.62. The van der Waals surface area contributed by atoms with Gasteiger partial charge in [-0.25, -0.2) is 9.69 Å². The SMILES string of the molecule is [C-]#[N+]c1cc(/C=C\c2ccc(N(c3ccccc3)c3ccc(OC)cc3)cc2)ccc1/C=C\c1ccc(/C=C\c2ccc(N(c3ccccc3)c3ccc(OC)cc3)cc2)cc1C#N.[C-]#[N+]c1cc(/C=C\c2ccc(N(c3ccccc3)c3ccccc3)cc2)ccc1/C=C\c1ccc(/C=C\c2ccc(N(c3ccccc3)c3ccccc3)cc2)cc1C#N. The first-order valence-electron chi connectivity index (χ1n) is 40.6. The number of anilines is 12. The summed E-state index contributed by atoms with van der Waals surface area (Å²) >= 11 is 0. The minimum absolute atomic E-state index is 0.534. The molecule has 0 saturated carbocycles. The zero-order valence-corrected chi connectivity index (χ0v) is 68.4. The van der Waals surface area contributed by atoms with E-state index in [1.807, 2.05) is 237 Å². The van der Waals surface area contributed by atoms with Gasteiger partial charge >= 0.3 is 0 Å². The Bertz CT molecular complexity index is 6180. The van der Waals surface area contributed by atoms with Crippen molar-refractivity contribution in [2.24, 2.45) is 0 Å². The van der Waals surface area contributed by atoms with Crippen LogP contribution in [0.1, 0.15) is 77.9 Å². The van der Waals surface area contributed by atoms with Crippen LogP contribution in [0.4, 0.5) is 79.6 Å². The predicted octanol–water partition coefficient (Wildman–Crippen LogP) is 31.1. The van der Waals surface area contributed by atoms with Crippen LogP contribution >= 0.6 is 0 Å². The van der Waals surface area contributed by atoms with E-state index in [9.17, 15) is 10.5 Å². The number of methoxy groups -OCH3 is 2. The summed E-state index contributed by atoms with van der Waals surface area (Å²) in [5.41, 5.74) is 26.0. The van der Waals surface area contributed by atoms with Crippen molar-refractivity contribution in [3.63, 3.8) is 0 Å². The molecule has 0 radical (unpaired) electrons. The van der Waals surface area contributed by atoms with Crippen molar-refractivity contribution in [3.8, 4) is 23.6 Å². The van der Waals surface area contributed by atoms with Crippen molar-refractivity contribution < 1.29 is 9.47 Å². The van der Waals surface area contributed by atoms with Crippen LogP contribution < -0.4 is 29.1 Å². The Morgan fingerprint density at radius 2 is 0.403 bits per heavy atom. The third kappa shape index (κ3) is 20.8. The lowest BCUT2D eigenvalue weighted by Gasteiger charge is -2.25. The van der Waals surface area contributed by atoms with Gasteiger partial charge < -0.3 is 29.1 Å². The maximum Gasteiger partial charge on any atom is 0.194 e. The highest BCUT2D eigenvalue weighted by molar-refractivity contribution is 5.88. The summed E-state index contributed by atoms with van der Waals surface area (Å²) < 4.78 is 10.8. The second-order valence-electron chi connectivity index (χ2n) is 28.9. The highest BCUT2D eigenvalue weighted by Crippen LogP contribution is 2.41. The Labute approximate surface area is 726 Å². The van der Waals surface area contributed by atoms with Gasteiger partial charge in [-0.05, 0) is 261 Å². The standard InChI is InChI=1S/C58H44N4O2.C56H40N4/c1-60-58-41-46(17-15-44-22-30-53(31-23-44)62(51-12-8-5-9-13-51)55-34-38-57(64-3)39-35-55)19-25-48(58)27-26-47-24-18-45(40-49(47)42-59)16-14-43-20-28-52(29-21-43)61(50-10-6-4-7-11-50)54-32-36-56(63-2)37-33-54;1-58-56-41-46(25-23-44-30-38-55(39-31-44)60(52-18-10-4-11-19-52)53-20-12-5-13-21-53)27-33-48(56)35-34-47-32-26-45(40-49(47)42-57)24-22-43-28-36-54(37-29-43)59(50-14-6-2-7-15-50)51-16-8-3-9-17-51/h4-41H,2-3H3;2-41H/b16-14-,17-15-,27-26-;24-22-,25-23-,35-34-. The maximum absolute atomic E-state index is 10.1. The van der Waals surface area contributed by atoms with Crippen molar-refractivity contribution >= 4 is 153 Å². The van der Waals surface area contributed by atoms with E-state index in [0.717, 1.165) is 147 Å². The van der Waals surface area contributed by atoms with Crippen LogP contribution in [0.3, 0.4) is 0 Å².